The van der Waals surface area contributed by atoms with Gasteiger partial charge in [0.15, 0.2) is 35.1 Å². The van der Waals surface area contributed by atoms with Crippen molar-refractivity contribution in [3.05, 3.63) is 39.8 Å². The molecule has 6 heterocycles. The van der Waals surface area contributed by atoms with Crippen LogP contribution < -0.4 is 17.0 Å². The van der Waals surface area contributed by atoms with E-state index in [2.05, 4.69) is 39.9 Å². The standard InChI is InChI=1S/C20H24N13O9P/c21-14-9-15(25-3-24-14)32(4-26-9)18-12(36)11(35)7(42-18)2-40-43(38,39)13-8(30-31-23)6(1-34)41-19(13)33-5-27-10-16(33)28-20(22)29-17(10)37/h3-8,11-13,18-19,34-36H,1-2H2,(H,38,39)(H2,21,24,25)(H3,22,28,29,37)/t6-,7-,8?,11-,12-,13-,18-,19-/m1/s1. The number of nitrogens with one attached hydrogen (secondary N) is 1. The first-order chi connectivity index (χ1) is 20.6. The quantitative estimate of drug-likeness (QED) is 0.0478. The van der Waals surface area contributed by atoms with Gasteiger partial charge < -0.3 is 45.7 Å². The smallest absolute Gasteiger partial charge is 0.336 e. The van der Waals surface area contributed by atoms with Crippen molar-refractivity contribution in [3.63, 3.8) is 0 Å². The normalized spacial score (nSPS) is 30.5. The van der Waals surface area contributed by atoms with E-state index in [0.717, 1.165) is 10.9 Å². The maximum Gasteiger partial charge on any atom is 0.336 e. The lowest BCUT2D eigenvalue weighted by Crippen LogP contribution is -2.35. The molecule has 6 rings (SSSR count). The van der Waals surface area contributed by atoms with Gasteiger partial charge >= 0.3 is 7.60 Å². The molecule has 2 aliphatic heterocycles. The lowest BCUT2D eigenvalue weighted by Gasteiger charge is -2.27. The number of anilines is 2. The number of rotatable bonds is 8. The number of aliphatic hydroxyl groups excluding tert-OH is 3. The largest absolute Gasteiger partial charge is 0.394 e. The van der Waals surface area contributed by atoms with Gasteiger partial charge in [-0.05, 0) is 5.53 Å². The van der Waals surface area contributed by atoms with Crippen LogP contribution in [0.3, 0.4) is 0 Å². The Labute approximate surface area is 238 Å². The predicted molar refractivity (Wildman–Crippen MR) is 142 cm³/mol. The van der Waals surface area contributed by atoms with Crippen LogP contribution in [0, 0.1) is 0 Å². The Kier molecular flexibility index (Phi) is 7.24. The van der Waals surface area contributed by atoms with Gasteiger partial charge in [0.05, 0.1) is 38.0 Å². The number of nitrogen functional groups attached to an aromatic ring is 2. The van der Waals surface area contributed by atoms with Crippen molar-refractivity contribution < 1.29 is 38.8 Å². The van der Waals surface area contributed by atoms with Gasteiger partial charge in [0.1, 0.15) is 35.8 Å². The number of hydrogen-bond donors (Lipinski definition) is 7. The molecule has 0 amide bonds. The zero-order valence-corrected chi connectivity index (χ0v) is 22.6. The molecule has 2 unspecified atom stereocenters. The molecule has 4 aromatic rings. The first-order valence-corrected chi connectivity index (χ1v) is 14.1. The van der Waals surface area contributed by atoms with E-state index in [-0.39, 0.29) is 34.1 Å². The van der Waals surface area contributed by atoms with Gasteiger partial charge in [0.2, 0.25) is 5.95 Å². The average Bonchev–Trinajstić information content (AvgIpc) is 3.73. The molecule has 22 nitrogen and oxygen atoms in total. The summed E-state index contributed by atoms with van der Waals surface area (Å²) in [6.45, 7) is -1.44. The van der Waals surface area contributed by atoms with E-state index >= 15 is 0 Å². The highest BCUT2D eigenvalue weighted by Crippen LogP contribution is 2.58. The molecule has 0 aliphatic carbocycles. The number of fused-ring (bicyclic) bond motifs is 2. The van der Waals surface area contributed by atoms with Crippen LogP contribution in [0.15, 0.2) is 28.9 Å². The molecule has 0 saturated carbocycles. The predicted octanol–water partition coefficient (Wildman–Crippen LogP) is -2.12. The van der Waals surface area contributed by atoms with Gasteiger partial charge in [-0.2, -0.15) is 4.98 Å². The summed E-state index contributed by atoms with van der Waals surface area (Å²) < 4.78 is 33.2. The second-order valence-corrected chi connectivity index (χ2v) is 11.7. The van der Waals surface area contributed by atoms with E-state index in [4.69, 9.17) is 25.5 Å². The number of aromatic nitrogens is 8. The summed E-state index contributed by atoms with van der Waals surface area (Å²) in [5.74, 6) is -0.196. The van der Waals surface area contributed by atoms with E-state index in [0.29, 0.717) is 0 Å². The molecule has 43 heavy (non-hydrogen) atoms. The molecule has 4 aromatic heterocycles. The zero-order valence-electron chi connectivity index (χ0n) is 21.7. The highest BCUT2D eigenvalue weighted by atomic mass is 31.2. The maximum absolute atomic E-state index is 13.8. The van der Waals surface area contributed by atoms with Gasteiger partial charge in [0.25, 0.3) is 5.56 Å². The zero-order chi connectivity index (χ0) is 30.6. The molecule has 2 aliphatic rings. The molecular weight excluding hydrogens is 597 g/mol. The minimum Gasteiger partial charge on any atom is -0.394 e. The van der Waals surface area contributed by atoms with Crippen molar-refractivity contribution in [3.8, 4) is 0 Å². The molecular formula is C20H24N13O9P. The fourth-order valence-electron chi connectivity index (χ4n) is 5.21. The Morgan fingerprint density at radius 2 is 1.77 bits per heavy atom. The first kappa shape index (κ1) is 28.9. The number of ether oxygens (including phenoxy) is 2. The van der Waals surface area contributed by atoms with Gasteiger partial charge in [0, 0.05) is 4.91 Å². The van der Waals surface area contributed by atoms with Crippen molar-refractivity contribution in [2.45, 2.75) is 48.6 Å². The van der Waals surface area contributed by atoms with Crippen molar-refractivity contribution in [1.29, 1.82) is 0 Å². The Balaban J connectivity index is 1.29. The first-order valence-electron chi connectivity index (χ1n) is 12.5. The second kappa shape index (κ2) is 10.8. The third kappa shape index (κ3) is 4.76. The number of imidazole rings is 2. The van der Waals surface area contributed by atoms with Crippen LogP contribution in [-0.4, -0.2) is 109 Å². The summed E-state index contributed by atoms with van der Waals surface area (Å²) in [5.41, 5.74) is 18.4. The Morgan fingerprint density at radius 1 is 1.07 bits per heavy atom. The molecule has 23 heteroatoms. The van der Waals surface area contributed by atoms with Crippen LogP contribution in [0.5, 0.6) is 0 Å². The monoisotopic (exact) mass is 621 g/mol. The highest BCUT2D eigenvalue weighted by Gasteiger charge is 2.56. The molecule has 0 radical (unpaired) electrons. The average molecular weight is 621 g/mol. The fraction of sp³-hybridized carbons (Fsp3) is 0.500. The van der Waals surface area contributed by atoms with Crippen molar-refractivity contribution in [2.75, 3.05) is 24.7 Å². The van der Waals surface area contributed by atoms with E-state index in [9.17, 15) is 35.1 Å². The molecule has 2 saturated heterocycles. The van der Waals surface area contributed by atoms with Crippen LogP contribution in [0.4, 0.5) is 11.8 Å². The molecule has 0 bridgehead atoms. The van der Waals surface area contributed by atoms with Gasteiger partial charge in [-0.3, -0.25) is 23.5 Å². The van der Waals surface area contributed by atoms with Crippen LogP contribution in [0.2, 0.25) is 0 Å². The lowest BCUT2D eigenvalue weighted by molar-refractivity contribution is -0.0495. The third-order valence-corrected chi connectivity index (χ3v) is 9.06. The Morgan fingerprint density at radius 3 is 2.49 bits per heavy atom. The highest BCUT2D eigenvalue weighted by molar-refractivity contribution is 7.53. The molecule has 0 spiro atoms. The number of nitrogens with zero attached hydrogens (tertiary/aromatic N) is 10. The summed E-state index contributed by atoms with van der Waals surface area (Å²) >= 11 is 0. The maximum atomic E-state index is 13.8. The number of aliphatic hydroxyl groups is 3. The summed E-state index contributed by atoms with van der Waals surface area (Å²) in [4.78, 5) is 48.5. The minimum absolute atomic E-state index is 0.0788. The van der Waals surface area contributed by atoms with Crippen molar-refractivity contribution in [1.82, 2.24) is 39.0 Å². The third-order valence-electron chi connectivity index (χ3n) is 7.23. The Bertz CT molecular complexity index is 1840. The Hall–Kier alpha value is -4.24. The van der Waals surface area contributed by atoms with E-state index in [1.165, 1.54) is 17.2 Å². The number of azide groups is 1. The fourth-order valence-corrected chi connectivity index (χ4v) is 6.92. The van der Waals surface area contributed by atoms with E-state index < -0.39 is 74.9 Å². The molecule has 9 atom stereocenters. The lowest BCUT2D eigenvalue weighted by atomic mass is 10.1. The molecule has 9 N–H and O–H groups in total. The van der Waals surface area contributed by atoms with E-state index in [1.54, 1.807) is 0 Å². The number of hydrogen-bond acceptors (Lipinski definition) is 16. The molecule has 228 valence electrons. The number of nitrogens with two attached hydrogens (primary N) is 2. The summed E-state index contributed by atoms with van der Waals surface area (Å²) in [6, 6.07) is -1.44. The van der Waals surface area contributed by atoms with Gasteiger partial charge in [-0.25, -0.2) is 19.9 Å². The van der Waals surface area contributed by atoms with Crippen LogP contribution in [0.1, 0.15) is 12.5 Å². The molecule has 2 fully saturated rings. The van der Waals surface area contributed by atoms with Crippen molar-refractivity contribution in [2.24, 2.45) is 5.11 Å². The summed E-state index contributed by atoms with van der Waals surface area (Å²) in [6.07, 6.45) is -4.89. The van der Waals surface area contributed by atoms with Gasteiger partial charge in [-0.15, -0.1) is 0 Å². The number of H-pyrrole nitrogens is 1. The SMILES string of the molecule is [N-]=[N+]=NC1[C@@H](P(=O)(O)OC[C@H]2O[C@@H](n3cnc4c(N)ncnc43)[C@H](O)[C@@H]2O)[C@H](n2cnc3c(=O)[nH]c(N)nc32)O[C@@H]1CO. The van der Waals surface area contributed by atoms with E-state index in [1.807, 2.05) is 0 Å². The van der Waals surface area contributed by atoms with Crippen LogP contribution in [0.25, 0.3) is 32.8 Å². The molecule has 0 aromatic carbocycles. The second-order valence-electron chi connectivity index (χ2n) is 9.70. The van der Waals surface area contributed by atoms with Crippen LogP contribution >= 0.6 is 7.60 Å². The minimum atomic E-state index is -4.92. The number of aromatic amines is 1. The summed E-state index contributed by atoms with van der Waals surface area (Å²) in [7, 11) is -4.92. The van der Waals surface area contributed by atoms with Crippen molar-refractivity contribution >= 4 is 41.7 Å². The summed E-state index contributed by atoms with van der Waals surface area (Å²) in [5, 5.41) is 34.9. The van der Waals surface area contributed by atoms with Gasteiger partial charge in [-0.1, -0.05) is 5.11 Å². The topological polar surface area (TPSA) is 334 Å². The van der Waals surface area contributed by atoms with Crippen LogP contribution in [-0.2, 0) is 18.6 Å².